The third-order valence-electron chi connectivity index (χ3n) is 9.16. The first kappa shape index (κ1) is 30.1. The normalized spacial score (nSPS) is 20.4. The molecule has 6 rings (SSSR count). The van der Waals surface area contributed by atoms with Gasteiger partial charge in [0.05, 0.1) is 30.0 Å². The Kier molecular flexibility index (Phi) is 8.39. The fourth-order valence-corrected chi connectivity index (χ4v) is 6.63. The van der Waals surface area contributed by atoms with Gasteiger partial charge in [0.1, 0.15) is 0 Å². The molecule has 0 aliphatic carbocycles. The van der Waals surface area contributed by atoms with Gasteiger partial charge in [-0.05, 0) is 81.1 Å². The zero-order valence-corrected chi connectivity index (χ0v) is 25.7. The maximum Gasteiger partial charge on any atom is 0.280 e. The highest BCUT2D eigenvalue weighted by molar-refractivity contribution is 5.83. The van der Waals surface area contributed by atoms with Gasteiger partial charge in [0.25, 0.3) is 5.92 Å². The van der Waals surface area contributed by atoms with Crippen LogP contribution in [0.15, 0.2) is 65.8 Å². The first-order valence-electron chi connectivity index (χ1n) is 15.4. The van der Waals surface area contributed by atoms with Crippen LogP contribution >= 0.6 is 0 Å². The number of hydrogen-bond donors (Lipinski definition) is 1. The van der Waals surface area contributed by atoms with Crippen molar-refractivity contribution in [2.75, 3.05) is 36.0 Å². The molecule has 0 bridgehead atoms. The number of piperidine rings is 2. The lowest BCUT2D eigenvalue weighted by Gasteiger charge is -2.40. The molecule has 2 saturated heterocycles. The number of pyridine rings is 3. The number of nitrogens with two attached hydrogens (primary N) is 1. The van der Waals surface area contributed by atoms with Crippen LogP contribution in [0.25, 0.3) is 10.9 Å². The smallest absolute Gasteiger partial charge is 0.280 e. The van der Waals surface area contributed by atoms with E-state index in [2.05, 4.69) is 31.9 Å². The third-order valence-corrected chi connectivity index (χ3v) is 9.16. The van der Waals surface area contributed by atoms with E-state index in [1.54, 1.807) is 17.0 Å². The van der Waals surface area contributed by atoms with Crippen LogP contribution in [0.4, 0.5) is 20.2 Å². The number of rotatable bonds is 7. The summed E-state index contributed by atoms with van der Waals surface area (Å²) < 4.78 is 30.7. The van der Waals surface area contributed by atoms with Crippen molar-refractivity contribution in [1.82, 2.24) is 19.4 Å². The minimum atomic E-state index is -2.95. The third kappa shape index (κ3) is 6.32. The lowest BCUT2D eigenvalue weighted by atomic mass is 10.0. The minimum Gasteiger partial charge on any atom is -0.369 e. The van der Waals surface area contributed by atoms with Gasteiger partial charge in [0.2, 0.25) is 0 Å². The Morgan fingerprint density at radius 3 is 2.55 bits per heavy atom. The second-order valence-corrected chi connectivity index (χ2v) is 12.5. The van der Waals surface area contributed by atoms with E-state index < -0.39 is 18.5 Å². The molecule has 3 aromatic heterocycles. The zero-order valence-electron chi connectivity index (χ0n) is 25.7. The summed E-state index contributed by atoms with van der Waals surface area (Å²) in [6.07, 6.45) is 7.98. The minimum absolute atomic E-state index is 0.0260. The number of aryl methyl sites for hydroxylation is 3. The first-order chi connectivity index (χ1) is 21.1. The molecule has 10 heteroatoms. The molecule has 0 spiro atoms. The monoisotopic (exact) mass is 601 g/mol. The van der Waals surface area contributed by atoms with Crippen molar-refractivity contribution in [3.63, 3.8) is 0 Å². The molecule has 0 radical (unpaired) electrons. The molecule has 1 unspecified atom stereocenters. The Labute approximate surface area is 257 Å². The van der Waals surface area contributed by atoms with Crippen LogP contribution in [0.5, 0.6) is 0 Å². The molecule has 2 atom stereocenters. The number of alkyl halides is 2. The fraction of sp³-hybridized carbons (Fsp3) is 0.441. The van der Waals surface area contributed by atoms with Crippen molar-refractivity contribution in [2.24, 2.45) is 12.8 Å². The molecular weight excluding hydrogens is 560 g/mol. The van der Waals surface area contributed by atoms with Crippen LogP contribution < -0.4 is 21.0 Å². The number of halogens is 2. The van der Waals surface area contributed by atoms with E-state index in [9.17, 15) is 13.6 Å². The summed E-state index contributed by atoms with van der Waals surface area (Å²) in [7, 11) is 1.92. The number of anilines is 2. The molecule has 8 nitrogen and oxygen atoms in total. The van der Waals surface area contributed by atoms with E-state index in [1.165, 1.54) is 0 Å². The van der Waals surface area contributed by atoms with Crippen LogP contribution in [0.1, 0.15) is 41.8 Å². The van der Waals surface area contributed by atoms with E-state index in [1.807, 2.05) is 62.3 Å². The van der Waals surface area contributed by atoms with Crippen molar-refractivity contribution < 1.29 is 8.78 Å². The molecule has 5 heterocycles. The van der Waals surface area contributed by atoms with Crippen LogP contribution in [0.3, 0.4) is 0 Å². The summed E-state index contributed by atoms with van der Waals surface area (Å²) in [4.78, 5) is 29.3. The van der Waals surface area contributed by atoms with Gasteiger partial charge in [-0.3, -0.25) is 19.7 Å². The Morgan fingerprint density at radius 1 is 0.977 bits per heavy atom. The molecule has 232 valence electrons. The van der Waals surface area contributed by atoms with Gasteiger partial charge in [0, 0.05) is 86.2 Å². The average molecular weight is 602 g/mol. The lowest BCUT2D eigenvalue weighted by Crippen LogP contribution is -2.55. The Bertz CT molecular complexity index is 1690. The van der Waals surface area contributed by atoms with Crippen LogP contribution in [-0.4, -0.2) is 63.6 Å². The Hall–Kier alpha value is -3.89. The molecule has 0 saturated carbocycles. The fourth-order valence-electron chi connectivity index (χ4n) is 6.63. The van der Waals surface area contributed by atoms with E-state index >= 15 is 0 Å². The van der Waals surface area contributed by atoms with Gasteiger partial charge < -0.3 is 20.1 Å². The number of aromatic nitrogens is 3. The van der Waals surface area contributed by atoms with Crippen LogP contribution in [-0.2, 0) is 20.1 Å². The highest BCUT2D eigenvalue weighted by Gasteiger charge is 2.42. The maximum absolute atomic E-state index is 14.4. The molecular formula is C34H41F2N7O. The highest BCUT2D eigenvalue weighted by Crippen LogP contribution is 2.31. The number of benzene rings is 1. The van der Waals surface area contributed by atoms with Crippen molar-refractivity contribution >= 4 is 22.3 Å². The van der Waals surface area contributed by atoms with Gasteiger partial charge >= 0.3 is 0 Å². The summed E-state index contributed by atoms with van der Waals surface area (Å²) in [6.45, 7) is 7.02. The molecule has 4 aromatic rings. The second-order valence-electron chi connectivity index (χ2n) is 12.5. The highest BCUT2D eigenvalue weighted by atomic mass is 19.3. The molecule has 0 amide bonds. The van der Waals surface area contributed by atoms with Crippen molar-refractivity contribution in [1.29, 1.82) is 0 Å². The number of hydrogen-bond acceptors (Lipinski definition) is 7. The standard InChI is InChI=1S/C34H41F2N7O/c1-23-6-7-28(17-39-23)41-13-4-5-29(21-41)43(18-25-10-12-38-24(2)15-25)20-26-19-40(3)31-16-27(8-9-30(31)33(26)44)42-14-11-32(37)34(35,36)22-42/h6-10,12,15-17,19,29,32H,4-5,11,13-14,18,20-22,37H2,1-3H3/t29-,32?/m0/s1. The van der Waals surface area contributed by atoms with Gasteiger partial charge in [-0.15, -0.1) is 0 Å². The first-order valence-corrected chi connectivity index (χ1v) is 15.4. The summed E-state index contributed by atoms with van der Waals surface area (Å²) in [5.74, 6) is -2.95. The Morgan fingerprint density at radius 2 is 1.80 bits per heavy atom. The van der Waals surface area contributed by atoms with Gasteiger partial charge in [-0.2, -0.15) is 0 Å². The van der Waals surface area contributed by atoms with Gasteiger partial charge in [-0.1, -0.05) is 0 Å². The van der Waals surface area contributed by atoms with Crippen LogP contribution in [0, 0.1) is 13.8 Å². The molecule has 2 N–H and O–H groups in total. The van der Waals surface area contributed by atoms with Gasteiger partial charge in [-0.25, -0.2) is 8.78 Å². The summed E-state index contributed by atoms with van der Waals surface area (Å²) >= 11 is 0. The predicted molar refractivity (Wildman–Crippen MR) is 171 cm³/mol. The average Bonchev–Trinajstić information content (AvgIpc) is 3.01. The van der Waals surface area contributed by atoms with Crippen LogP contribution in [0.2, 0.25) is 0 Å². The second kappa shape index (κ2) is 12.2. The number of nitrogens with zero attached hydrogens (tertiary/aromatic N) is 6. The summed E-state index contributed by atoms with van der Waals surface area (Å²) in [6, 6.07) is 12.8. The van der Waals surface area contributed by atoms with E-state index in [4.69, 9.17) is 5.73 Å². The summed E-state index contributed by atoms with van der Waals surface area (Å²) in [5, 5.41) is 0.588. The molecule has 1 aromatic carbocycles. The van der Waals surface area contributed by atoms with E-state index in [0.29, 0.717) is 36.3 Å². The maximum atomic E-state index is 14.4. The topological polar surface area (TPSA) is 83.5 Å². The molecule has 2 aliphatic rings. The van der Waals surface area contributed by atoms with Crippen molar-refractivity contribution in [2.45, 2.75) is 64.2 Å². The lowest BCUT2D eigenvalue weighted by molar-refractivity contribution is -0.0299. The molecule has 44 heavy (non-hydrogen) atoms. The predicted octanol–water partition coefficient (Wildman–Crippen LogP) is 4.79. The Balaban J connectivity index is 1.30. The van der Waals surface area contributed by atoms with Crippen molar-refractivity contribution in [3.8, 4) is 0 Å². The quantitative estimate of drug-likeness (QED) is 0.326. The van der Waals surface area contributed by atoms with Crippen molar-refractivity contribution in [3.05, 3.63) is 93.8 Å². The largest absolute Gasteiger partial charge is 0.369 e. The SMILES string of the molecule is Cc1ccc(N2CCC[C@H](N(Cc3ccnc(C)c3)Cc3cn(C)c4cc(N5CCC(N)C(F)(F)C5)ccc4c3=O)C2)cn1. The summed E-state index contributed by atoms with van der Waals surface area (Å²) in [5.41, 5.74) is 12.0. The number of fused-ring (bicyclic) bond motifs is 1. The van der Waals surface area contributed by atoms with E-state index in [0.717, 1.165) is 54.1 Å². The van der Waals surface area contributed by atoms with Gasteiger partial charge in [0.15, 0.2) is 5.43 Å². The zero-order chi connectivity index (χ0) is 31.0. The molecule has 2 aliphatic heterocycles. The molecule has 2 fully saturated rings. The van der Waals surface area contributed by atoms with E-state index in [-0.39, 0.29) is 17.9 Å².